The molecule has 0 fully saturated rings. The van der Waals surface area contributed by atoms with Crippen LogP contribution in [0.4, 0.5) is 14.5 Å². The van der Waals surface area contributed by atoms with Crippen LogP contribution in [0.1, 0.15) is 11.4 Å². The Bertz CT molecular complexity index is 620. The molecule has 0 aliphatic carbocycles. The van der Waals surface area contributed by atoms with Crippen LogP contribution >= 0.6 is 12.2 Å². The van der Waals surface area contributed by atoms with E-state index in [-0.39, 0.29) is 10.8 Å². The molecule has 0 radical (unpaired) electrons. The van der Waals surface area contributed by atoms with Gasteiger partial charge in [-0.05, 0) is 37.3 Å². The molecule has 0 spiro atoms. The third-order valence-corrected chi connectivity index (χ3v) is 3.02. The summed E-state index contributed by atoms with van der Waals surface area (Å²) in [6.45, 7) is 2.37. The van der Waals surface area contributed by atoms with Crippen LogP contribution in [-0.4, -0.2) is 14.9 Å². The van der Waals surface area contributed by atoms with Crippen LogP contribution in [0, 0.1) is 18.6 Å². The van der Waals surface area contributed by atoms with Crippen molar-refractivity contribution in [2.24, 2.45) is 7.05 Å². The minimum atomic E-state index is -0.692. The summed E-state index contributed by atoms with van der Waals surface area (Å²) < 4.78 is 27.9. The molecule has 0 aliphatic rings. The smallest absolute Gasteiger partial charge is 0.171 e. The van der Waals surface area contributed by atoms with Crippen LogP contribution < -0.4 is 10.6 Å². The Morgan fingerprint density at radius 3 is 2.70 bits per heavy atom. The number of thiocarbonyl (C=S) groups is 1. The lowest BCUT2D eigenvalue weighted by molar-refractivity contribution is 0.586. The number of nitrogens with zero attached hydrogens (tertiary/aromatic N) is 2. The molecule has 7 heteroatoms. The molecule has 0 aliphatic heterocycles. The number of halogens is 2. The zero-order valence-electron chi connectivity index (χ0n) is 11.1. The topological polar surface area (TPSA) is 41.9 Å². The minimum Gasteiger partial charge on any atom is -0.357 e. The lowest BCUT2D eigenvalue weighted by Crippen LogP contribution is -2.28. The first-order chi connectivity index (χ1) is 9.45. The Balaban J connectivity index is 1.92. The van der Waals surface area contributed by atoms with Crippen LogP contribution in [0.3, 0.4) is 0 Å². The van der Waals surface area contributed by atoms with Crippen LogP contribution in [0.2, 0.25) is 0 Å². The van der Waals surface area contributed by atoms with Crippen molar-refractivity contribution in [1.29, 1.82) is 0 Å². The van der Waals surface area contributed by atoms with Crippen LogP contribution in [-0.2, 0) is 13.6 Å². The van der Waals surface area contributed by atoms with Gasteiger partial charge >= 0.3 is 0 Å². The van der Waals surface area contributed by atoms with Gasteiger partial charge < -0.3 is 10.6 Å². The SMILES string of the molecule is Cc1cc(CNC(=S)Nc2ccc(F)cc2F)nn1C. The third-order valence-electron chi connectivity index (χ3n) is 2.77. The van der Waals surface area contributed by atoms with Crippen LogP contribution in [0.25, 0.3) is 0 Å². The monoisotopic (exact) mass is 296 g/mol. The maximum Gasteiger partial charge on any atom is 0.171 e. The highest BCUT2D eigenvalue weighted by Crippen LogP contribution is 2.14. The molecule has 1 aromatic heterocycles. The lowest BCUT2D eigenvalue weighted by atomic mass is 10.3. The highest BCUT2D eigenvalue weighted by atomic mass is 32.1. The van der Waals surface area contributed by atoms with Crippen molar-refractivity contribution >= 4 is 23.0 Å². The molecule has 0 bridgehead atoms. The van der Waals surface area contributed by atoms with Crippen molar-refractivity contribution in [3.05, 3.63) is 47.3 Å². The number of nitrogens with one attached hydrogen (secondary N) is 2. The first-order valence-corrected chi connectivity index (χ1v) is 6.36. The molecule has 0 atom stereocenters. The Hall–Kier alpha value is -2.02. The number of aryl methyl sites for hydroxylation is 2. The molecular weight excluding hydrogens is 282 g/mol. The normalized spacial score (nSPS) is 10.4. The first-order valence-electron chi connectivity index (χ1n) is 5.95. The largest absolute Gasteiger partial charge is 0.357 e. The highest BCUT2D eigenvalue weighted by Gasteiger charge is 2.06. The summed E-state index contributed by atoms with van der Waals surface area (Å²) in [5, 5.41) is 10.1. The first kappa shape index (κ1) is 14.4. The summed E-state index contributed by atoms with van der Waals surface area (Å²) in [6, 6.07) is 5.18. The van der Waals surface area contributed by atoms with Gasteiger partial charge in [0.25, 0.3) is 0 Å². The van der Waals surface area contributed by atoms with Gasteiger partial charge in [-0.25, -0.2) is 8.78 Å². The second-order valence-corrected chi connectivity index (χ2v) is 4.74. The number of hydrogen-bond donors (Lipinski definition) is 2. The van der Waals surface area contributed by atoms with E-state index in [2.05, 4.69) is 15.7 Å². The number of benzene rings is 1. The molecule has 1 heterocycles. The average molecular weight is 296 g/mol. The molecular formula is C13H14F2N4S. The second-order valence-electron chi connectivity index (χ2n) is 4.33. The van der Waals surface area contributed by atoms with Crippen LogP contribution in [0.15, 0.2) is 24.3 Å². The molecule has 0 saturated carbocycles. The Morgan fingerprint density at radius 2 is 2.10 bits per heavy atom. The Morgan fingerprint density at radius 1 is 1.35 bits per heavy atom. The van der Waals surface area contributed by atoms with E-state index >= 15 is 0 Å². The zero-order chi connectivity index (χ0) is 14.7. The predicted molar refractivity (Wildman–Crippen MR) is 77.4 cm³/mol. The maximum absolute atomic E-state index is 13.4. The van der Waals surface area contributed by atoms with E-state index in [1.807, 2.05) is 20.0 Å². The number of rotatable bonds is 3. The average Bonchev–Trinajstić information content (AvgIpc) is 2.70. The van der Waals surface area contributed by atoms with Gasteiger partial charge in [-0.1, -0.05) is 0 Å². The minimum absolute atomic E-state index is 0.126. The van der Waals surface area contributed by atoms with Gasteiger partial charge in [-0.3, -0.25) is 4.68 Å². The van der Waals surface area contributed by atoms with Crippen molar-refractivity contribution in [2.75, 3.05) is 5.32 Å². The molecule has 2 rings (SSSR count). The molecule has 0 amide bonds. The fourth-order valence-electron chi connectivity index (χ4n) is 1.65. The molecule has 0 saturated heterocycles. The van der Waals surface area contributed by atoms with Crippen molar-refractivity contribution in [1.82, 2.24) is 15.1 Å². The highest BCUT2D eigenvalue weighted by molar-refractivity contribution is 7.80. The van der Waals surface area contributed by atoms with E-state index in [4.69, 9.17) is 12.2 Å². The summed E-state index contributed by atoms with van der Waals surface area (Å²) >= 11 is 5.05. The number of hydrogen-bond acceptors (Lipinski definition) is 2. The van der Waals surface area contributed by atoms with E-state index in [1.165, 1.54) is 6.07 Å². The molecule has 20 heavy (non-hydrogen) atoms. The van der Waals surface area contributed by atoms with Gasteiger partial charge in [0.1, 0.15) is 11.6 Å². The Kier molecular flexibility index (Phi) is 4.29. The van der Waals surface area contributed by atoms with Crippen LogP contribution in [0.5, 0.6) is 0 Å². The van der Waals surface area contributed by atoms with Crippen molar-refractivity contribution in [2.45, 2.75) is 13.5 Å². The van der Waals surface area contributed by atoms with E-state index in [1.54, 1.807) is 4.68 Å². The lowest BCUT2D eigenvalue weighted by Gasteiger charge is -2.10. The zero-order valence-corrected chi connectivity index (χ0v) is 11.9. The van der Waals surface area contributed by atoms with Crippen molar-refractivity contribution in [3.8, 4) is 0 Å². The molecule has 2 N–H and O–H groups in total. The standard InChI is InChI=1S/C13H14F2N4S/c1-8-5-10(18-19(8)2)7-16-13(20)17-12-4-3-9(14)6-11(12)15/h3-6H,7H2,1-2H3,(H2,16,17,20). The Labute approximate surface area is 120 Å². The summed E-state index contributed by atoms with van der Waals surface area (Å²) in [5.74, 6) is -1.32. The van der Waals surface area contributed by atoms with Gasteiger partial charge in [-0.2, -0.15) is 5.10 Å². The van der Waals surface area contributed by atoms with E-state index in [0.29, 0.717) is 6.54 Å². The van der Waals surface area contributed by atoms with E-state index in [9.17, 15) is 8.78 Å². The van der Waals surface area contributed by atoms with Crippen molar-refractivity contribution in [3.63, 3.8) is 0 Å². The van der Waals surface area contributed by atoms with E-state index in [0.717, 1.165) is 23.5 Å². The second kappa shape index (κ2) is 5.96. The van der Waals surface area contributed by atoms with Gasteiger partial charge in [0.05, 0.1) is 17.9 Å². The number of aromatic nitrogens is 2. The molecule has 4 nitrogen and oxygen atoms in total. The summed E-state index contributed by atoms with van der Waals surface area (Å²) in [4.78, 5) is 0. The van der Waals surface area contributed by atoms with Gasteiger partial charge in [0, 0.05) is 18.8 Å². The molecule has 1 aromatic carbocycles. The van der Waals surface area contributed by atoms with Gasteiger partial charge in [0.15, 0.2) is 5.11 Å². The van der Waals surface area contributed by atoms with Gasteiger partial charge in [0.2, 0.25) is 0 Å². The van der Waals surface area contributed by atoms with Crippen molar-refractivity contribution < 1.29 is 8.78 Å². The maximum atomic E-state index is 13.4. The number of anilines is 1. The summed E-state index contributed by atoms with van der Waals surface area (Å²) in [6.07, 6.45) is 0. The fraction of sp³-hybridized carbons (Fsp3) is 0.231. The van der Waals surface area contributed by atoms with Gasteiger partial charge in [-0.15, -0.1) is 0 Å². The fourth-order valence-corrected chi connectivity index (χ4v) is 1.83. The summed E-state index contributed by atoms with van der Waals surface area (Å²) in [7, 11) is 1.85. The molecule has 0 unspecified atom stereocenters. The van der Waals surface area contributed by atoms with E-state index < -0.39 is 11.6 Å². The third kappa shape index (κ3) is 3.51. The molecule has 106 valence electrons. The summed E-state index contributed by atoms with van der Waals surface area (Å²) in [5.41, 5.74) is 1.99. The predicted octanol–water partition coefficient (Wildman–Crippen LogP) is 2.49. The quantitative estimate of drug-likeness (QED) is 0.854. The molecule has 2 aromatic rings.